The first-order valence-electron chi connectivity index (χ1n) is 8.38. The highest BCUT2D eigenvalue weighted by Gasteiger charge is 2.34. The molecule has 0 saturated carbocycles. The van der Waals surface area contributed by atoms with E-state index in [1.807, 2.05) is 0 Å². The summed E-state index contributed by atoms with van der Waals surface area (Å²) in [7, 11) is 0. The number of ether oxygens (including phenoxy) is 1. The van der Waals surface area contributed by atoms with E-state index in [0.29, 0.717) is 16.3 Å². The molecule has 3 aromatic rings. The van der Waals surface area contributed by atoms with Crippen LogP contribution in [-0.4, -0.2) is 15.5 Å². The number of alkyl halides is 3. The Morgan fingerprint density at radius 1 is 1.10 bits per heavy atom. The molecular formula is C20H14F4N2O3. The molecule has 0 amide bonds. The molecule has 0 fully saturated rings. The van der Waals surface area contributed by atoms with Crippen molar-refractivity contribution in [1.29, 1.82) is 0 Å². The van der Waals surface area contributed by atoms with Crippen LogP contribution in [0.5, 0.6) is 0 Å². The first-order chi connectivity index (χ1) is 13.8. The Labute approximate surface area is 162 Å². The summed E-state index contributed by atoms with van der Waals surface area (Å²) in [6.07, 6.45) is -3.44. The van der Waals surface area contributed by atoms with Crippen LogP contribution >= 0.6 is 0 Å². The molecule has 2 aromatic heterocycles. The molecule has 2 heterocycles. The lowest BCUT2D eigenvalue weighted by Crippen LogP contribution is -2.31. The van der Waals surface area contributed by atoms with Crippen molar-refractivity contribution >= 4 is 5.97 Å². The first kappa shape index (κ1) is 20.2. The number of pyridine rings is 2. The molecule has 0 spiro atoms. The lowest BCUT2D eigenvalue weighted by Gasteiger charge is -2.18. The Hall–Kier alpha value is -3.49. The van der Waals surface area contributed by atoms with Crippen molar-refractivity contribution in [3.63, 3.8) is 0 Å². The molecule has 9 heteroatoms. The number of halogens is 4. The van der Waals surface area contributed by atoms with Gasteiger partial charge in [-0.25, -0.2) is 4.39 Å². The molecule has 3 rings (SSSR count). The van der Waals surface area contributed by atoms with E-state index in [4.69, 9.17) is 4.74 Å². The van der Waals surface area contributed by atoms with E-state index in [9.17, 15) is 27.2 Å². The van der Waals surface area contributed by atoms with Crippen LogP contribution in [0.4, 0.5) is 17.6 Å². The predicted molar refractivity (Wildman–Crippen MR) is 94.3 cm³/mol. The van der Waals surface area contributed by atoms with Crippen LogP contribution in [0.15, 0.2) is 71.8 Å². The van der Waals surface area contributed by atoms with E-state index in [0.717, 1.165) is 18.3 Å². The molecule has 0 aliphatic rings. The lowest BCUT2D eigenvalue weighted by molar-refractivity contribution is -0.149. The molecule has 0 radical (unpaired) electrons. The highest BCUT2D eigenvalue weighted by Crippen LogP contribution is 2.27. The number of esters is 1. The first-order valence-corrected chi connectivity index (χ1v) is 8.38. The van der Waals surface area contributed by atoms with Gasteiger partial charge >= 0.3 is 12.1 Å². The van der Waals surface area contributed by atoms with Crippen LogP contribution in [0.25, 0.3) is 0 Å². The molecule has 150 valence electrons. The van der Waals surface area contributed by atoms with Crippen molar-refractivity contribution in [2.24, 2.45) is 0 Å². The molecule has 1 atom stereocenters. The maximum absolute atomic E-state index is 13.6. The topological polar surface area (TPSA) is 61.2 Å². The van der Waals surface area contributed by atoms with E-state index < -0.39 is 41.7 Å². The molecule has 5 nitrogen and oxygen atoms in total. The Bertz CT molecular complexity index is 1070. The fourth-order valence-electron chi connectivity index (χ4n) is 2.68. The number of rotatable bonds is 5. The zero-order valence-electron chi connectivity index (χ0n) is 14.8. The normalized spacial score (nSPS) is 12.4. The van der Waals surface area contributed by atoms with Gasteiger partial charge < -0.3 is 9.30 Å². The van der Waals surface area contributed by atoms with Gasteiger partial charge in [0.05, 0.1) is 5.69 Å². The maximum atomic E-state index is 13.6. The van der Waals surface area contributed by atoms with Crippen molar-refractivity contribution in [3.05, 3.63) is 100.0 Å². The van der Waals surface area contributed by atoms with Gasteiger partial charge in [-0.05, 0) is 36.4 Å². The van der Waals surface area contributed by atoms with Gasteiger partial charge in [0.1, 0.15) is 17.9 Å². The van der Waals surface area contributed by atoms with Crippen molar-refractivity contribution in [2.75, 3.05) is 0 Å². The van der Waals surface area contributed by atoms with Gasteiger partial charge in [0.25, 0.3) is 5.56 Å². The molecule has 29 heavy (non-hydrogen) atoms. The second-order valence-electron chi connectivity index (χ2n) is 6.03. The van der Waals surface area contributed by atoms with Crippen LogP contribution in [0.2, 0.25) is 0 Å². The standard InChI is InChI=1S/C20H14F4N2O3/c21-14-6-3-5-13(11-14)18(16-8-1-2-9-25-16)29-17(27)12-26-10-4-7-15(19(26)28)20(22,23)24/h1-11,18H,12H2. The Balaban J connectivity index is 1.88. The number of carbonyl (C=O) groups is 1. The van der Waals surface area contributed by atoms with Gasteiger partial charge in [-0.1, -0.05) is 18.2 Å². The Morgan fingerprint density at radius 3 is 2.55 bits per heavy atom. The fourth-order valence-corrected chi connectivity index (χ4v) is 2.68. The smallest absolute Gasteiger partial charge is 0.421 e. The van der Waals surface area contributed by atoms with Gasteiger partial charge in [-0.3, -0.25) is 14.6 Å². The van der Waals surface area contributed by atoms with Gasteiger partial charge in [0, 0.05) is 18.0 Å². The monoisotopic (exact) mass is 406 g/mol. The van der Waals surface area contributed by atoms with Crippen LogP contribution in [0.1, 0.15) is 22.9 Å². The van der Waals surface area contributed by atoms with Gasteiger partial charge in [0.2, 0.25) is 0 Å². The molecular weight excluding hydrogens is 392 g/mol. The minimum Gasteiger partial charge on any atom is -0.450 e. The molecule has 0 N–H and O–H groups in total. The molecule has 1 unspecified atom stereocenters. The van der Waals surface area contributed by atoms with Crippen molar-refractivity contribution < 1.29 is 27.1 Å². The summed E-state index contributed by atoms with van der Waals surface area (Å²) in [5, 5.41) is 0. The molecule has 0 bridgehead atoms. The summed E-state index contributed by atoms with van der Waals surface area (Å²) >= 11 is 0. The zero-order chi connectivity index (χ0) is 21.0. The number of hydrogen-bond acceptors (Lipinski definition) is 4. The van der Waals surface area contributed by atoms with E-state index in [-0.39, 0.29) is 5.56 Å². The molecule has 0 saturated heterocycles. The number of hydrogen-bond donors (Lipinski definition) is 0. The third-order valence-corrected chi connectivity index (χ3v) is 3.98. The SMILES string of the molecule is O=C(Cn1cccc(C(F)(F)F)c1=O)OC(c1cccc(F)c1)c1ccccn1. The molecule has 1 aromatic carbocycles. The van der Waals surface area contributed by atoms with E-state index in [1.54, 1.807) is 18.2 Å². The van der Waals surface area contributed by atoms with Gasteiger partial charge in [-0.2, -0.15) is 13.2 Å². The fraction of sp³-hybridized carbons (Fsp3) is 0.150. The highest BCUT2D eigenvalue weighted by atomic mass is 19.4. The maximum Gasteiger partial charge on any atom is 0.421 e. The van der Waals surface area contributed by atoms with Crippen molar-refractivity contribution in [1.82, 2.24) is 9.55 Å². The second kappa shape index (κ2) is 8.26. The zero-order valence-corrected chi connectivity index (χ0v) is 14.8. The third kappa shape index (κ3) is 4.87. The van der Waals surface area contributed by atoms with E-state index in [1.165, 1.54) is 24.4 Å². The average molecular weight is 406 g/mol. The van der Waals surface area contributed by atoms with E-state index >= 15 is 0 Å². The largest absolute Gasteiger partial charge is 0.450 e. The quantitative estimate of drug-likeness (QED) is 0.479. The summed E-state index contributed by atoms with van der Waals surface area (Å²) in [6.45, 7) is -0.749. The van der Waals surface area contributed by atoms with E-state index in [2.05, 4.69) is 4.98 Å². The third-order valence-electron chi connectivity index (χ3n) is 3.98. The van der Waals surface area contributed by atoms with Gasteiger partial charge in [0.15, 0.2) is 6.10 Å². The molecule has 0 aliphatic carbocycles. The van der Waals surface area contributed by atoms with Gasteiger partial charge in [-0.15, -0.1) is 0 Å². The van der Waals surface area contributed by atoms with Crippen LogP contribution < -0.4 is 5.56 Å². The highest BCUT2D eigenvalue weighted by molar-refractivity contribution is 5.70. The van der Waals surface area contributed by atoms with Crippen LogP contribution in [0.3, 0.4) is 0 Å². The average Bonchev–Trinajstić information content (AvgIpc) is 2.67. The minimum atomic E-state index is -4.85. The Kier molecular flexibility index (Phi) is 5.76. The Morgan fingerprint density at radius 2 is 1.90 bits per heavy atom. The number of carbonyl (C=O) groups excluding carboxylic acids is 1. The summed E-state index contributed by atoms with van der Waals surface area (Å²) in [5.74, 6) is -1.54. The second-order valence-corrected chi connectivity index (χ2v) is 6.03. The number of benzene rings is 1. The summed E-state index contributed by atoms with van der Waals surface area (Å²) in [5.41, 5.74) is -2.17. The van der Waals surface area contributed by atoms with Crippen molar-refractivity contribution in [2.45, 2.75) is 18.8 Å². The lowest BCUT2D eigenvalue weighted by atomic mass is 10.1. The van der Waals surface area contributed by atoms with Crippen LogP contribution in [-0.2, 0) is 22.3 Å². The van der Waals surface area contributed by atoms with Crippen LogP contribution in [0, 0.1) is 5.82 Å². The molecule has 0 aliphatic heterocycles. The summed E-state index contributed by atoms with van der Waals surface area (Å²) in [4.78, 5) is 28.5. The number of aromatic nitrogens is 2. The summed E-state index contributed by atoms with van der Waals surface area (Å²) < 4.78 is 58.2. The predicted octanol–water partition coefficient (Wildman–Crippen LogP) is 3.73. The number of nitrogens with zero attached hydrogens (tertiary/aromatic N) is 2. The summed E-state index contributed by atoms with van der Waals surface area (Å²) in [6, 6.07) is 11.8. The minimum absolute atomic E-state index is 0.286. The van der Waals surface area contributed by atoms with Crippen molar-refractivity contribution in [3.8, 4) is 0 Å².